The molecule has 3 rings (SSSR count). The Kier molecular flexibility index (Phi) is 7.37. The molecule has 32 heavy (non-hydrogen) atoms. The van der Waals surface area contributed by atoms with Crippen LogP contribution in [0.5, 0.6) is 5.75 Å². The van der Waals surface area contributed by atoms with E-state index in [-0.39, 0.29) is 5.91 Å². The van der Waals surface area contributed by atoms with Crippen LogP contribution >= 0.6 is 0 Å². The van der Waals surface area contributed by atoms with Crippen molar-refractivity contribution in [3.8, 4) is 5.75 Å². The Morgan fingerprint density at radius 2 is 1.56 bits per heavy atom. The Labute approximate surface area is 186 Å². The van der Waals surface area contributed by atoms with Crippen molar-refractivity contribution < 1.29 is 19.1 Å². The molecule has 0 fully saturated rings. The second-order valence-corrected chi connectivity index (χ2v) is 6.92. The molecule has 0 aliphatic carbocycles. The lowest BCUT2D eigenvalue weighted by Crippen LogP contribution is -2.40. The number of carbonyl (C=O) groups excluding carboxylic acids is 3. The Morgan fingerprint density at radius 1 is 0.812 bits per heavy atom. The van der Waals surface area contributed by atoms with Gasteiger partial charge in [0.1, 0.15) is 5.75 Å². The molecule has 0 aliphatic rings. The lowest BCUT2D eigenvalue weighted by Gasteiger charge is -2.08. The van der Waals surface area contributed by atoms with E-state index in [1.165, 1.54) is 6.08 Å². The van der Waals surface area contributed by atoms with Crippen molar-refractivity contribution in [2.45, 2.75) is 6.92 Å². The number of aryl methyl sites for hydroxylation is 1. The Morgan fingerprint density at radius 3 is 2.28 bits per heavy atom. The molecule has 0 spiro atoms. The van der Waals surface area contributed by atoms with Crippen LogP contribution < -0.4 is 20.9 Å². The number of hydrogen-bond donors (Lipinski definition) is 3. The molecule has 0 saturated heterocycles. The minimum Gasteiger partial charge on any atom is -0.496 e. The van der Waals surface area contributed by atoms with Gasteiger partial charge in [0.2, 0.25) is 0 Å². The smallest absolute Gasteiger partial charge is 0.269 e. The first-order valence-electron chi connectivity index (χ1n) is 9.86. The van der Waals surface area contributed by atoms with Crippen molar-refractivity contribution in [2.24, 2.45) is 0 Å². The van der Waals surface area contributed by atoms with E-state index in [9.17, 15) is 14.4 Å². The largest absolute Gasteiger partial charge is 0.496 e. The summed E-state index contributed by atoms with van der Waals surface area (Å²) in [6.07, 6.45) is 2.88. The van der Waals surface area contributed by atoms with Crippen molar-refractivity contribution in [3.63, 3.8) is 0 Å². The number of rotatable bonds is 6. The molecule has 0 aliphatic heterocycles. The zero-order valence-electron chi connectivity index (χ0n) is 17.7. The summed E-state index contributed by atoms with van der Waals surface area (Å²) < 4.78 is 5.22. The maximum atomic E-state index is 12.3. The van der Waals surface area contributed by atoms with Gasteiger partial charge in [-0.2, -0.15) is 0 Å². The van der Waals surface area contributed by atoms with E-state index < -0.39 is 11.8 Å². The summed E-state index contributed by atoms with van der Waals surface area (Å²) in [5.41, 5.74) is 7.83. The topological polar surface area (TPSA) is 96.5 Å². The van der Waals surface area contributed by atoms with Crippen molar-refractivity contribution in [1.29, 1.82) is 0 Å². The summed E-state index contributed by atoms with van der Waals surface area (Å²) in [6.45, 7) is 1.91. The van der Waals surface area contributed by atoms with Crippen LogP contribution in [-0.2, 0) is 4.79 Å². The first-order valence-corrected chi connectivity index (χ1v) is 9.86. The number of anilines is 1. The zero-order valence-corrected chi connectivity index (χ0v) is 17.7. The zero-order chi connectivity index (χ0) is 22.9. The van der Waals surface area contributed by atoms with Crippen LogP contribution in [0.15, 0.2) is 78.9 Å². The summed E-state index contributed by atoms with van der Waals surface area (Å²) in [5.74, 6) is -0.581. The third-order valence-electron chi connectivity index (χ3n) is 4.54. The fraction of sp³-hybridized carbons (Fsp3) is 0.0800. The minimum absolute atomic E-state index is 0.236. The van der Waals surface area contributed by atoms with E-state index in [1.807, 2.05) is 31.2 Å². The van der Waals surface area contributed by atoms with Gasteiger partial charge in [-0.3, -0.25) is 25.2 Å². The Hall–Kier alpha value is -4.39. The summed E-state index contributed by atoms with van der Waals surface area (Å²) in [5, 5.41) is 2.78. The fourth-order valence-corrected chi connectivity index (χ4v) is 2.90. The monoisotopic (exact) mass is 429 g/mol. The second-order valence-electron chi connectivity index (χ2n) is 6.92. The lowest BCUT2D eigenvalue weighted by atomic mass is 10.1. The van der Waals surface area contributed by atoms with Gasteiger partial charge < -0.3 is 10.1 Å². The van der Waals surface area contributed by atoms with Crippen LogP contribution in [0.3, 0.4) is 0 Å². The van der Waals surface area contributed by atoms with Crippen LogP contribution in [0.4, 0.5) is 5.69 Å². The number of para-hydroxylation sites is 1. The van der Waals surface area contributed by atoms with Gasteiger partial charge in [-0.15, -0.1) is 0 Å². The molecular formula is C25H23N3O4. The van der Waals surface area contributed by atoms with Gasteiger partial charge in [-0.05, 0) is 55.5 Å². The highest BCUT2D eigenvalue weighted by Crippen LogP contribution is 2.18. The molecule has 3 amide bonds. The van der Waals surface area contributed by atoms with E-state index in [0.717, 1.165) is 11.1 Å². The van der Waals surface area contributed by atoms with Gasteiger partial charge in [0.05, 0.1) is 7.11 Å². The molecule has 7 heteroatoms. The maximum absolute atomic E-state index is 12.3. The summed E-state index contributed by atoms with van der Waals surface area (Å²) >= 11 is 0. The molecule has 0 saturated carbocycles. The molecular weight excluding hydrogens is 406 g/mol. The van der Waals surface area contributed by atoms with Crippen LogP contribution in [-0.4, -0.2) is 24.8 Å². The molecule has 0 bridgehead atoms. The van der Waals surface area contributed by atoms with Crippen LogP contribution in [0.25, 0.3) is 6.08 Å². The van der Waals surface area contributed by atoms with Crippen molar-refractivity contribution in [1.82, 2.24) is 10.9 Å². The molecule has 0 atom stereocenters. The molecule has 162 valence electrons. The van der Waals surface area contributed by atoms with Gasteiger partial charge in [0.25, 0.3) is 17.7 Å². The van der Waals surface area contributed by atoms with Crippen LogP contribution in [0, 0.1) is 6.92 Å². The number of ether oxygens (including phenoxy) is 1. The first-order chi connectivity index (χ1) is 15.5. The maximum Gasteiger partial charge on any atom is 0.269 e. The van der Waals surface area contributed by atoms with E-state index in [4.69, 9.17) is 4.74 Å². The van der Waals surface area contributed by atoms with Crippen molar-refractivity contribution >= 4 is 29.5 Å². The third kappa shape index (κ3) is 6.06. The Balaban J connectivity index is 1.52. The van der Waals surface area contributed by atoms with Gasteiger partial charge in [0.15, 0.2) is 0 Å². The van der Waals surface area contributed by atoms with Gasteiger partial charge in [0, 0.05) is 28.5 Å². The second kappa shape index (κ2) is 10.6. The van der Waals surface area contributed by atoms with E-state index in [2.05, 4.69) is 16.2 Å². The highest BCUT2D eigenvalue weighted by atomic mass is 16.5. The fourth-order valence-electron chi connectivity index (χ4n) is 2.90. The number of carbonyl (C=O) groups is 3. The number of amides is 3. The average molecular weight is 429 g/mol. The minimum atomic E-state index is -0.494. The predicted octanol–water partition coefficient (Wildman–Crippen LogP) is 3.73. The number of hydrogen-bond acceptors (Lipinski definition) is 4. The molecule has 0 radical (unpaired) electrons. The molecule has 3 aromatic rings. The van der Waals surface area contributed by atoms with Gasteiger partial charge >= 0.3 is 0 Å². The normalized spacial score (nSPS) is 10.4. The molecule has 3 N–H and O–H groups in total. The number of methoxy groups -OCH3 is 1. The molecule has 0 unspecified atom stereocenters. The van der Waals surface area contributed by atoms with E-state index >= 15 is 0 Å². The average Bonchev–Trinajstić information content (AvgIpc) is 2.81. The SMILES string of the molecule is COc1ccccc1/C=C/C(=O)NNC(=O)c1ccc(NC(=O)c2cccc(C)c2)cc1. The number of hydrazine groups is 1. The highest BCUT2D eigenvalue weighted by molar-refractivity contribution is 6.04. The molecule has 0 heterocycles. The predicted molar refractivity (Wildman–Crippen MR) is 123 cm³/mol. The van der Waals surface area contributed by atoms with E-state index in [0.29, 0.717) is 22.6 Å². The standard InChI is InChI=1S/C25H23N3O4/c1-17-6-5-8-20(16-17)24(30)26-21-13-10-19(11-14-21)25(31)28-27-23(29)15-12-18-7-3-4-9-22(18)32-2/h3-16H,1-2H3,(H,26,30)(H,27,29)(H,28,31)/b15-12+. The van der Waals surface area contributed by atoms with E-state index in [1.54, 1.807) is 61.7 Å². The quantitative estimate of drug-likeness (QED) is 0.411. The summed E-state index contributed by atoms with van der Waals surface area (Å²) in [4.78, 5) is 36.6. The first kappa shape index (κ1) is 22.3. The highest BCUT2D eigenvalue weighted by Gasteiger charge is 2.09. The summed E-state index contributed by atoms with van der Waals surface area (Å²) in [6, 6.07) is 20.8. The van der Waals surface area contributed by atoms with Crippen molar-refractivity contribution in [3.05, 3.63) is 101 Å². The third-order valence-corrected chi connectivity index (χ3v) is 4.54. The van der Waals surface area contributed by atoms with Gasteiger partial charge in [-0.1, -0.05) is 35.9 Å². The lowest BCUT2D eigenvalue weighted by molar-refractivity contribution is -0.117. The van der Waals surface area contributed by atoms with Gasteiger partial charge in [-0.25, -0.2) is 0 Å². The molecule has 7 nitrogen and oxygen atoms in total. The number of nitrogens with one attached hydrogen (secondary N) is 3. The van der Waals surface area contributed by atoms with Crippen LogP contribution in [0.1, 0.15) is 31.8 Å². The Bertz CT molecular complexity index is 1150. The number of benzene rings is 3. The summed E-state index contributed by atoms with van der Waals surface area (Å²) in [7, 11) is 1.55. The van der Waals surface area contributed by atoms with Crippen molar-refractivity contribution in [2.75, 3.05) is 12.4 Å². The van der Waals surface area contributed by atoms with Crippen LogP contribution in [0.2, 0.25) is 0 Å². The molecule has 0 aromatic heterocycles. The molecule has 3 aromatic carbocycles.